The quantitative estimate of drug-likeness (QED) is 0.776. The van der Waals surface area contributed by atoms with Crippen LogP contribution in [0.4, 0.5) is 0 Å². The van der Waals surface area contributed by atoms with E-state index in [1.165, 1.54) is 5.56 Å². The maximum Gasteiger partial charge on any atom is 0.161 e. The fourth-order valence-corrected chi connectivity index (χ4v) is 3.02. The predicted octanol–water partition coefficient (Wildman–Crippen LogP) is 4.45. The molecule has 0 amide bonds. The zero-order valence-corrected chi connectivity index (χ0v) is 15.6. The summed E-state index contributed by atoms with van der Waals surface area (Å²) in [4.78, 5) is 0. The molecular weight excluding hydrogens is 302 g/mol. The Morgan fingerprint density at radius 1 is 1.08 bits per heavy atom. The molecule has 0 aliphatic heterocycles. The van der Waals surface area contributed by atoms with Crippen molar-refractivity contribution in [1.82, 2.24) is 5.32 Å². The van der Waals surface area contributed by atoms with Crippen molar-refractivity contribution in [2.24, 2.45) is 0 Å². The molecule has 1 atom stereocenters. The number of rotatable bonds is 8. The topological polar surface area (TPSA) is 43.6 Å². The average molecular weight is 331 g/mol. The average Bonchev–Trinajstić information content (AvgIpc) is 2.99. The van der Waals surface area contributed by atoms with Crippen molar-refractivity contribution in [2.75, 3.05) is 14.2 Å². The van der Waals surface area contributed by atoms with Crippen LogP contribution in [0.3, 0.4) is 0 Å². The second-order valence-electron chi connectivity index (χ2n) is 6.97. The third-order valence-electron chi connectivity index (χ3n) is 4.33. The van der Waals surface area contributed by atoms with Crippen LogP contribution in [-0.4, -0.2) is 20.3 Å². The molecule has 0 spiro atoms. The summed E-state index contributed by atoms with van der Waals surface area (Å²) in [7, 11) is 3.31. The van der Waals surface area contributed by atoms with Gasteiger partial charge in [0.15, 0.2) is 11.5 Å². The smallest absolute Gasteiger partial charge is 0.161 e. The minimum absolute atomic E-state index is 0.00171. The molecule has 4 heteroatoms. The van der Waals surface area contributed by atoms with E-state index in [2.05, 4.69) is 38.2 Å². The monoisotopic (exact) mass is 331 g/mol. The Hall–Kier alpha value is -1.94. The van der Waals surface area contributed by atoms with E-state index >= 15 is 0 Å². The van der Waals surface area contributed by atoms with Gasteiger partial charge in [0.1, 0.15) is 11.5 Å². The molecule has 0 radical (unpaired) electrons. The molecule has 0 fully saturated rings. The molecule has 0 unspecified atom stereocenters. The van der Waals surface area contributed by atoms with Crippen molar-refractivity contribution in [3.63, 3.8) is 0 Å². The van der Waals surface area contributed by atoms with Crippen LogP contribution in [-0.2, 0) is 12.0 Å². The van der Waals surface area contributed by atoms with Crippen molar-refractivity contribution >= 4 is 0 Å². The zero-order valence-electron chi connectivity index (χ0n) is 15.6. The Kier molecular flexibility index (Phi) is 5.94. The van der Waals surface area contributed by atoms with E-state index in [0.717, 1.165) is 36.0 Å². The van der Waals surface area contributed by atoms with E-state index in [9.17, 15) is 0 Å². The molecular formula is C20H29NO3. The first-order valence-corrected chi connectivity index (χ1v) is 8.37. The lowest BCUT2D eigenvalue weighted by molar-refractivity contribution is 0.319. The minimum Gasteiger partial charge on any atom is -0.493 e. The number of hydrogen-bond acceptors (Lipinski definition) is 4. The highest BCUT2D eigenvalue weighted by Gasteiger charge is 2.26. The van der Waals surface area contributed by atoms with E-state index in [4.69, 9.17) is 13.9 Å². The summed E-state index contributed by atoms with van der Waals surface area (Å²) >= 11 is 0. The first kappa shape index (κ1) is 18.4. The van der Waals surface area contributed by atoms with Gasteiger partial charge < -0.3 is 19.2 Å². The van der Waals surface area contributed by atoms with Gasteiger partial charge in [-0.25, -0.2) is 0 Å². The number of aryl methyl sites for hydroxylation is 1. The molecule has 0 bridgehead atoms. The van der Waals surface area contributed by atoms with Crippen LogP contribution in [0, 0.1) is 6.92 Å². The van der Waals surface area contributed by atoms with Crippen molar-refractivity contribution in [1.29, 1.82) is 0 Å². The summed E-state index contributed by atoms with van der Waals surface area (Å²) in [5.41, 5.74) is 1.17. The number of methoxy groups -OCH3 is 2. The SMILES string of the molecule is COc1ccc(CN[C@H](C)CC(C)(C)c2ccc(C)o2)cc1OC. The van der Waals surface area contributed by atoms with Crippen molar-refractivity contribution < 1.29 is 13.9 Å². The van der Waals surface area contributed by atoms with Gasteiger partial charge in [-0.3, -0.25) is 0 Å². The van der Waals surface area contributed by atoms with Crippen molar-refractivity contribution in [2.45, 2.75) is 52.1 Å². The van der Waals surface area contributed by atoms with Crippen LogP contribution in [0.5, 0.6) is 11.5 Å². The third kappa shape index (κ3) is 4.54. The van der Waals surface area contributed by atoms with Crippen LogP contribution in [0.2, 0.25) is 0 Å². The normalized spacial score (nSPS) is 12.9. The number of hydrogen-bond donors (Lipinski definition) is 1. The highest BCUT2D eigenvalue weighted by Crippen LogP contribution is 2.30. The third-order valence-corrected chi connectivity index (χ3v) is 4.33. The van der Waals surface area contributed by atoms with E-state index in [1.54, 1.807) is 14.2 Å². The first-order valence-electron chi connectivity index (χ1n) is 8.37. The van der Waals surface area contributed by atoms with Crippen LogP contribution in [0.1, 0.15) is 44.3 Å². The van der Waals surface area contributed by atoms with Crippen LogP contribution >= 0.6 is 0 Å². The number of ether oxygens (including phenoxy) is 2. The van der Waals surface area contributed by atoms with Crippen LogP contribution < -0.4 is 14.8 Å². The van der Waals surface area contributed by atoms with Gasteiger partial charge in [0.25, 0.3) is 0 Å². The molecule has 0 saturated carbocycles. The van der Waals surface area contributed by atoms with Crippen LogP contribution in [0.25, 0.3) is 0 Å². The molecule has 1 aromatic heterocycles. The molecule has 24 heavy (non-hydrogen) atoms. The molecule has 1 aromatic carbocycles. The van der Waals surface area contributed by atoms with E-state index in [1.807, 2.05) is 25.1 Å². The van der Waals surface area contributed by atoms with Gasteiger partial charge in [0.2, 0.25) is 0 Å². The van der Waals surface area contributed by atoms with Gasteiger partial charge in [0, 0.05) is 18.0 Å². The van der Waals surface area contributed by atoms with E-state index < -0.39 is 0 Å². The summed E-state index contributed by atoms with van der Waals surface area (Å²) in [5, 5.41) is 3.58. The van der Waals surface area contributed by atoms with Crippen LogP contribution in [0.15, 0.2) is 34.7 Å². The molecule has 2 rings (SSSR count). The molecule has 4 nitrogen and oxygen atoms in total. The minimum atomic E-state index is -0.00171. The molecule has 1 heterocycles. The molecule has 2 aromatic rings. The van der Waals surface area contributed by atoms with Gasteiger partial charge in [0.05, 0.1) is 14.2 Å². The van der Waals surface area contributed by atoms with E-state index in [0.29, 0.717) is 6.04 Å². The summed E-state index contributed by atoms with van der Waals surface area (Å²) in [5.74, 6) is 3.52. The molecule has 1 N–H and O–H groups in total. The van der Waals surface area contributed by atoms with Gasteiger partial charge in [-0.15, -0.1) is 0 Å². The second-order valence-corrected chi connectivity index (χ2v) is 6.97. The molecule has 0 aliphatic rings. The Bertz CT molecular complexity index is 661. The standard InChI is InChI=1S/C20H29NO3/c1-14(12-20(3,4)19-10-7-15(2)24-19)21-13-16-8-9-17(22-5)18(11-16)23-6/h7-11,14,21H,12-13H2,1-6H3/t14-/m1/s1. The predicted molar refractivity (Wildman–Crippen MR) is 96.9 cm³/mol. The largest absolute Gasteiger partial charge is 0.493 e. The number of furan rings is 1. The maximum absolute atomic E-state index is 5.81. The summed E-state index contributed by atoms with van der Waals surface area (Å²) in [6, 6.07) is 10.5. The van der Waals surface area contributed by atoms with Gasteiger partial charge in [-0.05, 0) is 50.1 Å². The Morgan fingerprint density at radius 3 is 2.38 bits per heavy atom. The zero-order chi connectivity index (χ0) is 17.7. The van der Waals surface area contributed by atoms with Gasteiger partial charge in [-0.2, -0.15) is 0 Å². The highest BCUT2D eigenvalue weighted by atomic mass is 16.5. The fraction of sp³-hybridized carbons (Fsp3) is 0.500. The van der Waals surface area contributed by atoms with E-state index in [-0.39, 0.29) is 5.41 Å². The first-order chi connectivity index (χ1) is 11.4. The molecule has 132 valence electrons. The van der Waals surface area contributed by atoms with Crippen molar-refractivity contribution in [3.05, 3.63) is 47.4 Å². The lowest BCUT2D eigenvalue weighted by Crippen LogP contribution is -2.32. The van der Waals surface area contributed by atoms with Gasteiger partial charge >= 0.3 is 0 Å². The highest BCUT2D eigenvalue weighted by molar-refractivity contribution is 5.42. The second kappa shape index (κ2) is 7.75. The summed E-state index contributed by atoms with van der Waals surface area (Å²) in [6.07, 6.45) is 0.993. The lowest BCUT2D eigenvalue weighted by atomic mass is 9.83. The van der Waals surface area contributed by atoms with Gasteiger partial charge in [-0.1, -0.05) is 19.9 Å². The number of nitrogens with one attached hydrogen (secondary N) is 1. The molecule has 0 saturated heterocycles. The Morgan fingerprint density at radius 2 is 1.79 bits per heavy atom. The Labute approximate surface area is 145 Å². The summed E-state index contributed by atoms with van der Waals surface area (Å²) < 4.78 is 16.4. The number of benzene rings is 1. The fourth-order valence-electron chi connectivity index (χ4n) is 3.02. The lowest BCUT2D eigenvalue weighted by Gasteiger charge is -2.27. The molecule has 0 aliphatic carbocycles. The van der Waals surface area contributed by atoms with Crippen molar-refractivity contribution in [3.8, 4) is 11.5 Å². The maximum atomic E-state index is 5.81. The Balaban J connectivity index is 1.94. The summed E-state index contributed by atoms with van der Waals surface area (Å²) in [6.45, 7) is 9.42.